The summed E-state index contributed by atoms with van der Waals surface area (Å²) in [5, 5.41) is 22.9. The minimum atomic E-state index is -0.927. The van der Waals surface area contributed by atoms with Gasteiger partial charge in [-0.2, -0.15) is 0 Å². The van der Waals surface area contributed by atoms with Gasteiger partial charge in [0.15, 0.2) is 0 Å². The van der Waals surface area contributed by atoms with Gasteiger partial charge >= 0.3 is 5.97 Å². The van der Waals surface area contributed by atoms with Gasteiger partial charge in [0.1, 0.15) is 30.3 Å². The molecule has 0 amide bonds. The lowest BCUT2D eigenvalue weighted by molar-refractivity contribution is 0.0697. The van der Waals surface area contributed by atoms with E-state index in [0.29, 0.717) is 13.1 Å². The average Bonchev–Trinajstić information content (AvgIpc) is 2.96. The minimum Gasteiger partial charge on any atom is -0.490 e. The van der Waals surface area contributed by atoms with E-state index in [1.807, 2.05) is 78.9 Å². The molecule has 1 aliphatic rings. The van der Waals surface area contributed by atoms with Gasteiger partial charge in [-0.25, -0.2) is 4.79 Å². The van der Waals surface area contributed by atoms with Crippen LogP contribution in [0.3, 0.4) is 0 Å². The van der Waals surface area contributed by atoms with Crippen molar-refractivity contribution in [1.82, 2.24) is 5.32 Å². The molecule has 6 heteroatoms. The molecule has 38 heavy (non-hydrogen) atoms. The third-order valence-electron chi connectivity index (χ3n) is 6.71. The molecule has 0 radical (unpaired) electrons. The van der Waals surface area contributed by atoms with Crippen molar-refractivity contribution in [3.63, 3.8) is 0 Å². The first kappa shape index (κ1) is 25.5. The second kappa shape index (κ2) is 11.9. The zero-order valence-corrected chi connectivity index (χ0v) is 21.0. The molecule has 6 nitrogen and oxygen atoms in total. The summed E-state index contributed by atoms with van der Waals surface area (Å²) in [6, 6.07) is 30.9. The molecular formula is C32H31NO5. The van der Waals surface area contributed by atoms with E-state index in [1.165, 1.54) is 0 Å². The predicted molar refractivity (Wildman–Crippen MR) is 148 cm³/mol. The zero-order chi connectivity index (χ0) is 26.3. The van der Waals surface area contributed by atoms with Crippen molar-refractivity contribution >= 4 is 5.97 Å². The fourth-order valence-corrected chi connectivity index (χ4v) is 4.68. The lowest BCUT2D eigenvalue weighted by atomic mass is 9.96. The van der Waals surface area contributed by atoms with Crippen LogP contribution in [0.5, 0.6) is 11.5 Å². The van der Waals surface area contributed by atoms with Crippen LogP contribution in [0.25, 0.3) is 22.3 Å². The van der Waals surface area contributed by atoms with E-state index in [9.17, 15) is 9.90 Å². The second-order valence-corrected chi connectivity index (χ2v) is 9.47. The summed E-state index contributed by atoms with van der Waals surface area (Å²) in [5.41, 5.74) is 5.52. The van der Waals surface area contributed by atoms with Crippen LogP contribution in [-0.2, 0) is 6.42 Å². The molecular weight excluding hydrogens is 478 g/mol. The standard InChI is InChI=1S/C32H31NO5/c34-27(21-37-31-9-5-4-8-29(31)23-6-2-1-3-7-23)19-33-20-28-16-14-26-18-25(15-17-30(26)38-28)22-10-12-24(13-11-22)32(35)36/h1-13,15,17-18,27-28,33-34H,14,16,19-21H2,(H,35,36)/t27?,28-/m1/s1. The Balaban J connectivity index is 1.09. The number of aromatic carboxylic acids is 1. The molecule has 1 heterocycles. The second-order valence-electron chi connectivity index (χ2n) is 9.47. The highest BCUT2D eigenvalue weighted by Crippen LogP contribution is 2.32. The summed E-state index contributed by atoms with van der Waals surface area (Å²) in [6.07, 6.45) is 1.14. The number of aryl methyl sites for hydroxylation is 1. The van der Waals surface area contributed by atoms with Gasteiger partial charge in [-0.1, -0.05) is 66.7 Å². The van der Waals surface area contributed by atoms with Gasteiger partial charge in [-0.15, -0.1) is 0 Å². The monoisotopic (exact) mass is 509 g/mol. The van der Waals surface area contributed by atoms with Gasteiger partial charge in [-0.3, -0.25) is 0 Å². The number of aliphatic hydroxyl groups is 1. The predicted octanol–water partition coefficient (Wildman–Crippen LogP) is 5.44. The van der Waals surface area contributed by atoms with Gasteiger partial charge in [0, 0.05) is 18.7 Å². The Hall–Kier alpha value is -4.13. The topological polar surface area (TPSA) is 88.0 Å². The van der Waals surface area contributed by atoms with Crippen molar-refractivity contribution in [2.75, 3.05) is 19.7 Å². The Morgan fingerprint density at radius 1 is 0.921 bits per heavy atom. The smallest absolute Gasteiger partial charge is 0.335 e. The minimum absolute atomic E-state index is 0.0233. The van der Waals surface area contributed by atoms with Gasteiger partial charge in [0.05, 0.1) is 5.56 Å². The Labute approximate surface area is 222 Å². The van der Waals surface area contributed by atoms with Crippen molar-refractivity contribution in [2.45, 2.75) is 25.0 Å². The average molecular weight is 510 g/mol. The fraction of sp³-hybridized carbons (Fsp3) is 0.219. The molecule has 0 bridgehead atoms. The van der Waals surface area contributed by atoms with E-state index in [-0.39, 0.29) is 18.3 Å². The number of ether oxygens (including phenoxy) is 2. The first-order chi connectivity index (χ1) is 18.6. The number of carboxylic acid groups (broad SMARTS) is 1. The van der Waals surface area contributed by atoms with E-state index in [0.717, 1.165) is 52.2 Å². The van der Waals surface area contributed by atoms with Gasteiger partial charge in [0.25, 0.3) is 0 Å². The molecule has 1 unspecified atom stereocenters. The summed E-state index contributed by atoms with van der Waals surface area (Å²) in [7, 11) is 0. The van der Waals surface area contributed by atoms with Crippen LogP contribution in [0.15, 0.2) is 97.1 Å². The molecule has 194 valence electrons. The van der Waals surface area contributed by atoms with Crippen LogP contribution >= 0.6 is 0 Å². The summed E-state index contributed by atoms with van der Waals surface area (Å²) in [5.74, 6) is 0.695. The van der Waals surface area contributed by atoms with Crippen molar-refractivity contribution < 1.29 is 24.5 Å². The molecule has 0 saturated heterocycles. The fourth-order valence-electron chi connectivity index (χ4n) is 4.68. The van der Waals surface area contributed by atoms with E-state index in [4.69, 9.17) is 14.6 Å². The number of hydrogen-bond donors (Lipinski definition) is 3. The number of carboxylic acids is 1. The van der Waals surface area contributed by atoms with Crippen LogP contribution in [-0.4, -0.2) is 48.1 Å². The highest BCUT2D eigenvalue weighted by molar-refractivity contribution is 5.88. The number of fused-ring (bicyclic) bond motifs is 1. The first-order valence-corrected chi connectivity index (χ1v) is 12.9. The van der Waals surface area contributed by atoms with Gasteiger partial charge in [-0.05, 0) is 65.4 Å². The summed E-state index contributed by atoms with van der Waals surface area (Å²) in [4.78, 5) is 11.1. The quantitative estimate of drug-likeness (QED) is 0.264. The molecule has 4 aromatic carbocycles. The molecule has 1 aliphatic heterocycles. The number of benzene rings is 4. The third kappa shape index (κ3) is 6.22. The van der Waals surface area contributed by atoms with Crippen LogP contribution in [0.2, 0.25) is 0 Å². The number of carbonyl (C=O) groups is 1. The van der Waals surface area contributed by atoms with Crippen molar-refractivity contribution in [2.24, 2.45) is 0 Å². The van der Waals surface area contributed by atoms with E-state index < -0.39 is 12.1 Å². The van der Waals surface area contributed by atoms with Crippen molar-refractivity contribution in [3.05, 3.63) is 108 Å². The molecule has 4 aromatic rings. The Bertz CT molecular complexity index is 1370. The van der Waals surface area contributed by atoms with E-state index >= 15 is 0 Å². The van der Waals surface area contributed by atoms with E-state index in [1.54, 1.807) is 12.1 Å². The number of rotatable bonds is 10. The number of aliphatic hydroxyl groups excluding tert-OH is 1. The Morgan fingerprint density at radius 2 is 1.66 bits per heavy atom. The maximum atomic E-state index is 11.1. The molecule has 0 fully saturated rings. The van der Waals surface area contributed by atoms with Crippen molar-refractivity contribution in [3.8, 4) is 33.8 Å². The zero-order valence-electron chi connectivity index (χ0n) is 21.0. The van der Waals surface area contributed by atoms with Crippen LogP contribution in [0.1, 0.15) is 22.3 Å². The Kier molecular flexibility index (Phi) is 8.02. The van der Waals surface area contributed by atoms with E-state index in [2.05, 4.69) is 11.4 Å². The molecule has 0 aliphatic carbocycles. The first-order valence-electron chi connectivity index (χ1n) is 12.9. The van der Waals surface area contributed by atoms with Crippen LogP contribution in [0.4, 0.5) is 0 Å². The maximum Gasteiger partial charge on any atom is 0.335 e. The third-order valence-corrected chi connectivity index (χ3v) is 6.71. The molecule has 0 saturated carbocycles. The highest BCUT2D eigenvalue weighted by Gasteiger charge is 2.20. The highest BCUT2D eigenvalue weighted by atomic mass is 16.5. The molecule has 3 N–H and O–H groups in total. The molecule has 0 aromatic heterocycles. The lowest BCUT2D eigenvalue weighted by Gasteiger charge is -2.27. The molecule has 5 rings (SSSR count). The summed E-state index contributed by atoms with van der Waals surface area (Å²) >= 11 is 0. The van der Waals surface area contributed by atoms with Crippen molar-refractivity contribution in [1.29, 1.82) is 0 Å². The summed E-state index contributed by atoms with van der Waals surface area (Å²) in [6.45, 7) is 1.24. The number of hydrogen-bond acceptors (Lipinski definition) is 5. The molecule has 0 spiro atoms. The number of nitrogens with one attached hydrogen (secondary N) is 1. The molecule has 2 atom stereocenters. The SMILES string of the molecule is O=C(O)c1ccc(-c2ccc3c(c2)CC[C@H](CNCC(O)COc2ccccc2-c2ccccc2)O3)cc1. The normalized spacial score (nSPS) is 15.2. The maximum absolute atomic E-state index is 11.1. The lowest BCUT2D eigenvalue weighted by Crippen LogP contribution is -2.39. The Morgan fingerprint density at radius 3 is 2.45 bits per heavy atom. The number of para-hydroxylation sites is 1. The van der Waals surface area contributed by atoms with Crippen LogP contribution < -0.4 is 14.8 Å². The summed E-state index contributed by atoms with van der Waals surface area (Å²) < 4.78 is 12.2. The van der Waals surface area contributed by atoms with Gasteiger partial charge in [0.2, 0.25) is 0 Å². The van der Waals surface area contributed by atoms with Crippen LogP contribution in [0, 0.1) is 0 Å². The largest absolute Gasteiger partial charge is 0.490 e. The van der Waals surface area contributed by atoms with Gasteiger partial charge < -0.3 is 25.0 Å².